The van der Waals surface area contributed by atoms with Crippen LogP contribution in [0.4, 0.5) is 40.7 Å². The van der Waals surface area contributed by atoms with Gasteiger partial charge in [-0.3, -0.25) is 9.59 Å². The Morgan fingerprint density at radius 1 is 0.889 bits per heavy atom. The number of hydrogen-bond acceptors (Lipinski definition) is 4. The molecular weight excluding hydrogens is 591 g/mol. The van der Waals surface area contributed by atoms with Gasteiger partial charge in [0, 0.05) is 39.6 Å². The van der Waals surface area contributed by atoms with Gasteiger partial charge in [-0.15, -0.1) is 0 Å². The number of carbonyl (C=O) groups is 4. The monoisotopic (exact) mass is 617 g/mol. The number of aromatic amines is 1. The fraction of sp³-hybridized carbons (Fsp3) is 0.125. The Morgan fingerprint density at radius 3 is 2.29 bits per heavy atom. The molecule has 0 radical (unpaired) electrons. The quantitative estimate of drug-likeness (QED) is 0.128. The van der Waals surface area contributed by atoms with Crippen LogP contribution in [0, 0.1) is 20.8 Å². The molecule has 0 aliphatic carbocycles. The lowest BCUT2D eigenvalue weighted by molar-refractivity contribution is -0.137. The normalized spacial score (nSPS) is 13.3. The van der Waals surface area contributed by atoms with Crippen LogP contribution in [0.25, 0.3) is 11.6 Å². The smallest absolute Gasteiger partial charge is 0.416 e. The summed E-state index contributed by atoms with van der Waals surface area (Å²) >= 11 is 0. The maximum Gasteiger partial charge on any atom is 0.416 e. The molecule has 0 unspecified atom stereocenters. The lowest BCUT2D eigenvalue weighted by Gasteiger charge is -2.13. The standard InChI is InChI=1S/C32H26F3N5O5/c1-15-7-8-20(37-28(41)18-5-4-6-19(11-18)32(33,34)35)12-24(15)40-31(45)38-21-9-10-22-23(29(42)39-26(22)13-21)14-25-16(2)27(30(43)44)17(3)36-25/h4-14,36H,1-3H3,(H,37,41)(H,39,42)(H,43,44)(H2,38,40,45)/b23-14-. The molecule has 230 valence electrons. The minimum atomic E-state index is -4.59. The molecule has 45 heavy (non-hydrogen) atoms. The molecule has 6 N–H and O–H groups in total. The predicted octanol–water partition coefficient (Wildman–Crippen LogP) is 7.05. The predicted molar refractivity (Wildman–Crippen MR) is 163 cm³/mol. The number of anilines is 4. The molecule has 1 aliphatic rings. The highest BCUT2D eigenvalue weighted by Gasteiger charge is 2.31. The van der Waals surface area contributed by atoms with Crippen molar-refractivity contribution in [3.63, 3.8) is 0 Å². The highest BCUT2D eigenvalue weighted by atomic mass is 19.4. The molecule has 0 atom stereocenters. The van der Waals surface area contributed by atoms with Crippen LogP contribution in [0.5, 0.6) is 0 Å². The number of rotatable bonds is 6. The molecule has 13 heteroatoms. The summed E-state index contributed by atoms with van der Waals surface area (Å²) in [7, 11) is 0. The Balaban J connectivity index is 1.28. The topological polar surface area (TPSA) is 152 Å². The van der Waals surface area contributed by atoms with Gasteiger partial charge < -0.3 is 31.4 Å². The van der Waals surface area contributed by atoms with Crippen LogP contribution in [0.2, 0.25) is 0 Å². The number of nitrogens with one attached hydrogen (secondary N) is 5. The van der Waals surface area contributed by atoms with E-state index < -0.39 is 35.6 Å². The van der Waals surface area contributed by atoms with Crippen molar-refractivity contribution < 1.29 is 37.5 Å². The van der Waals surface area contributed by atoms with E-state index >= 15 is 0 Å². The number of halogens is 3. The third-order valence-electron chi connectivity index (χ3n) is 7.23. The van der Waals surface area contributed by atoms with Gasteiger partial charge in [0.25, 0.3) is 11.8 Å². The third kappa shape index (κ3) is 6.42. The highest BCUT2D eigenvalue weighted by Crippen LogP contribution is 2.36. The van der Waals surface area contributed by atoms with Crippen LogP contribution in [-0.4, -0.2) is 33.9 Å². The van der Waals surface area contributed by atoms with Crippen LogP contribution < -0.4 is 21.3 Å². The molecule has 1 aliphatic heterocycles. The van der Waals surface area contributed by atoms with Crippen LogP contribution in [-0.2, 0) is 11.0 Å². The van der Waals surface area contributed by atoms with Gasteiger partial charge in [-0.2, -0.15) is 13.2 Å². The molecule has 0 spiro atoms. The molecule has 0 fully saturated rings. The Kier molecular flexibility index (Phi) is 7.94. The second-order valence-electron chi connectivity index (χ2n) is 10.4. The summed E-state index contributed by atoms with van der Waals surface area (Å²) in [4.78, 5) is 52.8. The number of carboxylic acids is 1. The first-order chi connectivity index (χ1) is 21.2. The minimum Gasteiger partial charge on any atom is -0.478 e. The molecule has 0 saturated carbocycles. The molecule has 4 aromatic rings. The van der Waals surface area contributed by atoms with E-state index in [1.807, 2.05) is 0 Å². The minimum absolute atomic E-state index is 0.143. The van der Waals surface area contributed by atoms with Crippen molar-refractivity contribution in [1.29, 1.82) is 0 Å². The molecule has 3 aromatic carbocycles. The summed E-state index contributed by atoms with van der Waals surface area (Å²) in [6, 6.07) is 12.9. The zero-order chi connectivity index (χ0) is 32.6. The fourth-order valence-corrected chi connectivity index (χ4v) is 4.96. The summed E-state index contributed by atoms with van der Waals surface area (Å²) in [6.07, 6.45) is -3.01. The second kappa shape index (κ2) is 11.7. The average molecular weight is 618 g/mol. The number of aromatic carboxylic acids is 1. The molecule has 0 saturated heterocycles. The van der Waals surface area contributed by atoms with Crippen LogP contribution in [0.1, 0.15) is 54.4 Å². The number of amides is 4. The SMILES string of the molecule is Cc1ccc(NC(=O)c2cccc(C(F)(F)F)c2)cc1NC(=O)Nc1ccc2c(c1)NC(=O)/C2=C\c1[nH]c(C)c(C(=O)O)c1C. The van der Waals surface area contributed by atoms with Crippen molar-refractivity contribution in [3.8, 4) is 0 Å². The van der Waals surface area contributed by atoms with E-state index in [4.69, 9.17) is 0 Å². The lowest BCUT2D eigenvalue weighted by Crippen LogP contribution is -2.20. The number of aryl methyl sites for hydroxylation is 2. The number of urea groups is 1. The van der Waals surface area contributed by atoms with Crippen molar-refractivity contribution in [2.45, 2.75) is 26.9 Å². The number of carbonyl (C=O) groups excluding carboxylic acids is 3. The largest absolute Gasteiger partial charge is 0.478 e. The Labute approximate surface area is 254 Å². The summed E-state index contributed by atoms with van der Waals surface area (Å²) < 4.78 is 39.1. The van der Waals surface area contributed by atoms with E-state index in [0.29, 0.717) is 50.7 Å². The van der Waals surface area contributed by atoms with Crippen molar-refractivity contribution in [2.24, 2.45) is 0 Å². The van der Waals surface area contributed by atoms with Gasteiger partial charge in [0.2, 0.25) is 0 Å². The van der Waals surface area contributed by atoms with Crippen molar-refractivity contribution in [2.75, 3.05) is 21.3 Å². The molecule has 0 bridgehead atoms. The summed E-state index contributed by atoms with van der Waals surface area (Å²) in [5.41, 5.74) is 3.41. The van der Waals surface area contributed by atoms with Gasteiger partial charge in [-0.1, -0.05) is 18.2 Å². The van der Waals surface area contributed by atoms with Crippen LogP contribution in [0.15, 0.2) is 60.7 Å². The number of carboxylic acid groups (broad SMARTS) is 1. The second-order valence-corrected chi connectivity index (χ2v) is 10.4. The van der Waals surface area contributed by atoms with E-state index in [1.54, 1.807) is 57.2 Å². The molecule has 2 heterocycles. The summed E-state index contributed by atoms with van der Waals surface area (Å²) in [6.45, 7) is 5.01. The number of alkyl halides is 3. The molecule has 1 aromatic heterocycles. The maximum atomic E-state index is 13.0. The zero-order valence-corrected chi connectivity index (χ0v) is 24.1. The number of H-pyrrole nitrogens is 1. The number of hydrogen-bond donors (Lipinski definition) is 6. The van der Waals surface area contributed by atoms with E-state index in [9.17, 15) is 37.5 Å². The highest BCUT2D eigenvalue weighted by molar-refractivity contribution is 6.35. The van der Waals surface area contributed by atoms with Crippen LogP contribution in [0.3, 0.4) is 0 Å². The Morgan fingerprint density at radius 2 is 1.60 bits per heavy atom. The molecule has 5 rings (SSSR count). The average Bonchev–Trinajstić information content (AvgIpc) is 3.43. The van der Waals surface area contributed by atoms with Gasteiger partial charge in [0.05, 0.1) is 22.4 Å². The van der Waals surface area contributed by atoms with Gasteiger partial charge in [0.15, 0.2) is 0 Å². The van der Waals surface area contributed by atoms with E-state index in [-0.39, 0.29) is 16.8 Å². The number of benzene rings is 3. The van der Waals surface area contributed by atoms with Crippen molar-refractivity contribution in [3.05, 3.63) is 105 Å². The first kappa shape index (κ1) is 30.6. The fourth-order valence-electron chi connectivity index (χ4n) is 4.96. The first-order valence-corrected chi connectivity index (χ1v) is 13.5. The first-order valence-electron chi connectivity index (χ1n) is 13.5. The third-order valence-corrected chi connectivity index (χ3v) is 7.23. The van der Waals surface area contributed by atoms with Crippen molar-refractivity contribution >= 4 is 58.2 Å². The summed E-state index contributed by atoms with van der Waals surface area (Å²) in [5, 5.41) is 20.1. The molecular formula is C32H26F3N5O5. The molecule has 10 nitrogen and oxygen atoms in total. The van der Waals surface area contributed by atoms with Gasteiger partial charge in [-0.25, -0.2) is 9.59 Å². The van der Waals surface area contributed by atoms with E-state index in [1.165, 1.54) is 12.1 Å². The van der Waals surface area contributed by atoms with E-state index in [2.05, 4.69) is 26.3 Å². The van der Waals surface area contributed by atoms with Gasteiger partial charge in [0.1, 0.15) is 0 Å². The zero-order valence-electron chi connectivity index (χ0n) is 24.1. The Hall–Kier alpha value is -5.85. The number of fused-ring (bicyclic) bond motifs is 1. The number of aromatic nitrogens is 1. The van der Waals surface area contributed by atoms with Gasteiger partial charge >= 0.3 is 18.2 Å². The van der Waals surface area contributed by atoms with Gasteiger partial charge in [-0.05, 0) is 80.4 Å². The van der Waals surface area contributed by atoms with Crippen LogP contribution >= 0.6 is 0 Å². The van der Waals surface area contributed by atoms with E-state index in [0.717, 1.165) is 18.2 Å². The van der Waals surface area contributed by atoms with Crippen molar-refractivity contribution in [1.82, 2.24) is 4.98 Å². The maximum absolute atomic E-state index is 13.0. The summed E-state index contributed by atoms with van der Waals surface area (Å²) in [5.74, 6) is -2.22. The lowest BCUT2D eigenvalue weighted by atomic mass is 10.0. The Bertz CT molecular complexity index is 1930. The molecule has 4 amide bonds.